The van der Waals surface area contributed by atoms with Gasteiger partial charge >= 0.3 is 11.8 Å². The smallest absolute Gasteiger partial charge is 0.316 e. The molecule has 0 bridgehead atoms. The summed E-state index contributed by atoms with van der Waals surface area (Å²) < 4.78 is 5.06. The molecule has 0 unspecified atom stereocenters. The van der Waals surface area contributed by atoms with Gasteiger partial charge in [0.05, 0.1) is 0 Å². The zero-order valence-corrected chi connectivity index (χ0v) is 13.6. The molecule has 0 fully saturated rings. The van der Waals surface area contributed by atoms with Crippen molar-refractivity contribution in [2.75, 3.05) is 19.0 Å². The lowest BCUT2D eigenvalue weighted by atomic mass is 10.2. The molecular formula is C18H18N4O2. The molecule has 0 atom stereocenters. The number of benzene rings is 2. The maximum absolute atomic E-state index is 12.1. The molecule has 3 aromatic rings. The summed E-state index contributed by atoms with van der Waals surface area (Å²) in [6, 6.07) is 17.3. The molecule has 0 radical (unpaired) electrons. The van der Waals surface area contributed by atoms with Crippen LogP contribution in [0, 0.1) is 0 Å². The molecule has 24 heavy (non-hydrogen) atoms. The van der Waals surface area contributed by atoms with Gasteiger partial charge in [0, 0.05) is 31.9 Å². The first-order valence-corrected chi connectivity index (χ1v) is 7.57. The highest BCUT2D eigenvalue weighted by molar-refractivity contribution is 5.89. The average molecular weight is 322 g/mol. The number of carbonyl (C=O) groups excluding carboxylic acids is 1. The standard InChI is InChI=1S/C18H18N4O2/c1-22(2)15-10-8-14(9-11-15)16-20-18(24-21-16)17(23)19-12-13-6-4-3-5-7-13/h3-11H,12H2,1-2H3,(H,19,23). The highest BCUT2D eigenvalue weighted by atomic mass is 16.5. The second-order valence-electron chi connectivity index (χ2n) is 5.53. The molecule has 2 aromatic carbocycles. The van der Waals surface area contributed by atoms with Crippen molar-refractivity contribution in [2.24, 2.45) is 0 Å². The molecule has 6 heteroatoms. The summed E-state index contributed by atoms with van der Waals surface area (Å²) in [5.74, 6) is -0.0368. The molecule has 1 amide bonds. The van der Waals surface area contributed by atoms with Crippen LogP contribution in [0.15, 0.2) is 59.1 Å². The lowest BCUT2D eigenvalue weighted by Crippen LogP contribution is -2.23. The highest BCUT2D eigenvalue weighted by Gasteiger charge is 2.15. The van der Waals surface area contributed by atoms with E-state index in [0.717, 1.165) is 16.8 Å². The van der Waals surface area contributed by atoms with Crippen molar-refractivity contribution in [1.82, 2.24) is 15.5 Å². The first kappa shape index (κ1) is 15.7. The lowest BCUT2D eigenvalue weighted by Gasteiger charge is -2.11. The molecule has 0 saturated heterocycles. The number of aromatic nitrogens is 2. The molecule has 0 aliphatic heterocycles. The van der Waals surface area contributed by atoms with Crippen LogP contribution in [0.5, 0.6) is 0 Å². The van der Waals surface area contributed by atoms with Crippen molar-refractivity contribution in [3.8, 4) is 11.4 Å². The van der Waals surface area contributed by atoms with E-state index in [0.29, 0.717) is 12.4 Å². The Bertz CT molecular complexity index is 811. The molecule has 0 aliphatic rings. The van der Waals surface area contributed by atoms with E-state index in [1.54, 1.807) is 0 Å². The Morgan fingerprint density at radius 1 is 1.08 bits per heavy atom. The molecule has 1 aromatic heterocycles. The second-order valence-corrected chi connectivity index (χ2v) is 5.53. The quantitative estimate of drug-likeness (QED) is 0.782. The number of hydrogen-bond donors (Lipinski definition) is 1. The number of amides is 1. The van der Waals surface area contributed by atoms with E-state index >= 15 is 0 Å². The van der Waals surface area contributed by atoms with Crippen LogP contribution in [0.3, 0.4) is 0 Å². The summed E-state index contributed by atoms with van der Waals surface area (Å²) in [4.78, 5) is 18.3. The lowest BCUT2D eigenvalue weighted by molar-refractivity contribution is 0.0907. The zero-order valence-electron chi connectivity index (χ0n) is 13.6. The van der Waals surface area contributed by atoms with Crippen LogP contribution >= 0.6 is 0 Å². The van der Waals surface area contributed by atoms with E-state index in [4.69, 9.17) is 4.52 Å². The molecule has 6 nitrogen and oxygen atoms in total. The molecular weight excluding hydrogens is 304 g/mol. The molecule has 0 spiro atoms. The third kappa shape index (κ3) is 3.60. The molecule has 1 N–H and O–H groups in total. The van der Waals surface area contributed by atoms with Gasteiger partial charge in [0.25, 0.3) is 0 Å². The number of nitrogens with one attached hydrogen (secondary N) is 1. The molecule has 1 heterocycles. The van der Waals surface area contributed by atoms with Gasteiger partial charge in [0.1, 0.15) is 0 Å². The van der Waals surface area contributed by atoms with Crippen LogP contribution in [0.2, 0.25) is 0 Å². The minimum absolute atomic E-state index is 0.0439. The summed E-state index contributed by atoms with van der Waals surface area (Å²) in [5, 5.41) is 6.64. The number of hydrogen-bond acceptors (Lipinski definition) is 5. The molecule has 0 aliphatic carbocycles. The summed E-state index contributed by atoms with van der Waals surface area (Å²) in [7, 11) is 3.94. The monoisotopic (exact) mass is 322 g/mol. The fourth-order valence-electron chi connectivity index (χ4n) is 2.20. The predicted molar refractivity (Wildman–Crippen MR) is 91.7 cm³/mol. The third-order valence-corrected chi connectivity index (χ3v) is 3.56. The Morgan fingerprint density at radius 2 is 1.79 bits per heavy atom. The van der Waals surface area contributed by atoms with Crippen molar-refractivity contribution in [1.29, 1.82) is 0 Å². The van der Waals surface area contributed by atoms with Crippen molar-refractivity contribution in [2.45, 2.75) is 6.54 Å². The average Bonchev–Trinajstić information content (AvgIpc) is 3.11. The Kier molecular flexibility index (Phi) is 4.56. The van der Waals surface area contributed by atoms with Crippen molar-refractivity contribution < 1.29 is 9.32 Å². The normalized spacial score (nSPS) is 10.4. The number of rotatable bonds is 5. The zero-order chi connectivity index (χ0) is 16.9. The number of nitrogens with zero attached hydrogens (tertiary/aromatic N) is 3. The van der Waals surface area contributed by atoms with Gasteiger partial charge in [-0.25, -0.2) is 0 Å². The topological polar surface area (TPSA) is 71.3 Å². The van der Waals surface area contributed by atoms with Gasteiger partial charge in [0.15, 0.2) is 0 Å². The van der Waals surface area contributed by atoms with Gasteiger partial charge in [-0.05, 0) is 29.8 Å². The van der Waals surface area contributed by atoms with Crippen LogP contribution in [-0.4, -0.2) is 30.1 Å². The van der Waals surface area contributed by atoms with E-state index in [9.17, 15) is 4.79 Å². The summed E-state index contributed by atoms with van der Waals surface area (Å²) >= 11 is 0. The van der Waals surface area contributed by atoms with E-state index in [1.165, 1.54) is 0 Å². The van der Waals surface area contributed by atoms with Gasteiger partial charge < -0.3 is 14.7 Å². The van der Waals surface area contributed by atoms with Gasteiger partial charge in [-0.3, -0.25) is 4.79 Å². The summed E-state index contributed by atoms with van der Waals surface area (Å²) in [6.07, 6.45) is 0. The minimum Gasteiger partial charge on any atom is -0.378 e. The maximum Gasteiger partial charge on any atom is 0.316 e. The maximum atomic E-state index is 12.1. The minimum atomic E-state index is -0.387. The van der Waals surface area contributed by atoms with E-state index in [2.05, 4.69) is 15.5 Å². The summed E-state index contributed by atoms with van der Waals surface area (Å²) in [5.41, 5.74) is 2.87. The van der Waals surface area contributed by atoms with Crippen LogP contribution in [0.25, 0.3) is 11.4 Å². The Balaban J connectivity index is 1.67. The van der Waals surface area contributed by atoms with Crippen LogP contribution in [0.1, 0.15) is 16.2 Å². The molecule has 0 saturated carbocycles. The number of carbonyl (C=O) groups is 1. The Hall–Kier alpha value is -3.15. The van der Waals surface area contributed by atoms with Gasteiger partial charge in [-0.2, -0.15) is 4.98 Å². The van der Waals surface area contributed by atoms with Crippen LogP contribution < -0.4 is 10.2 Å². The largest absolute Gasteiger partial charge is 0.378 e. The van der Waals surface area contributed by atoms with Crippen molar-refractivity contribution >= 4 is 11.6 Å². The van der Waals surface area contributed by atoms with Gasteiger partial charge in [0.2, 0.25) is 5.82 Å². The predicted octanol–water partition coefficient (Wildman–Crippen LogP) is 2.73. The van der Waals surface area contributed by atoms with Gasteiger partial charge in [-0.15, -0.1) is 0 Å². The van der Waals surface area contributed by atoms with Crippen LogP contribution in [0.4, 0.5) is 5.69 Å². The first-order chi connectivity index (χ1) is 11.6. The van der Waals surface area contributed by atoms with E-state index < -0.39 is 0 Å². The first-order valence-electron chi connectivity index (χ1n) is 7.57. The Labute approximate surface area is 140 Å². The SMILES string of the molecule is CN(C)c1ccc(-c2noc(C(=O)NCc3ccccc3)n2)cc1. The third-order valence-electron chi connectivity index (χ3n) is 3.56. The fourth-order valence-corrected chi connectivity index (χ4v) is 2.20. The highest BCUT2D eigenvalue weighted by Crippen LogP contribution is 2.19. The van der Waals surface area contributed by atoms with Crippen LogP contribution in [-0.2, 0) is 6.54 Å². The van der Waals surface area contributed by atoms with E-state index in [1.807, 2.05) is 73.6 Å². The van der Waals surface area contributed by atoms with E-state index in [-0.39, 0.29) is 11.8 Å². The van der Waals surface area contributed by atoms with Gasteiger partial charge in [-0.1, -0.05) is 35.5 Å². The fraction of sp³-hybridized carbons (Fsp3) is 0.167. The van der Waals surface area contributed by atoms with Crippen molar-refractivity contribution in [3.63, 3.8) is 0 Å². The van der Waals surface area contributed by atoms with Crippen molar-refractivity contribution in [3.05, 3.63) is 66.1 Å². The summed E-state index contributed by atoms with van der Waals surface area (Å²) in [6.45, 7) is 0.412. The Morgan fingerprint density at radius 3 is 2.46 bits per heavy atom. The molecule has 122 valence electrons. The number of anilines is 1. The second kappa shape index (κ2) is 6.95. The molecule has 3 rings (SSSR count).